The van der Waals surface area contributed by atoms with Gasteiger partial charge in [0.05, 0.1) is 22.6 Å². The summed E-state index contributed by atoms with van der Waals surface area (Å²) in [6, 6.07) is 30.1. The van der Waals surface area contributed by atoms with Gasteiger partial charge in [-0.3, -0.25) is 0 Å². The first-order valence-corrected chi connectivity index (χ1v) is 13.5. The quantitative estimate of drug-likeness (QED) is 0.231. The number of benzene rings is 4. The summed E-state index contributed by atoms with van der Waals surface area (Å²) in [4.78, 5) is 0. The van der Waals surface area contributed by atoms with Crippen molar-refractivity contribution in [1.82, 2.24) is 0 Å². The van der Waals surface area contributed by atoms with Crippen LogP contribution in [0.2, 0.25) is 0 Å². The highest BCUT2D eigenvalue weighted by Crippen LogP contribution is 2.43. The molecule has 3 heteroatoms. The standard InChI is InChI=1S/C35H29N2O/c1-22-12-15-30-32-27(21-36)14-17-29(24-10-4-3-5-11-24)34(32)38-35(30)31(22)33-28-16-13-25(23-8-6-7-9-23)20-26(28)18-19-37(33)2/h3-5,10-20,23H,6-9H2,1-2H3/q+1. The lowest BCUT2D eigenvalue weighted by molar-refractivity contribution is -0.659. The summed E-state index contributed by atoms with van der Waals surface area (Å²) in [7, 11) is 2.11. The number of nitriles is 1. The smallest absolute Gasteiger partial charge is 0.224 e. The largest absolute Gasteiger partial charge is 0.454 e. The first kappa shape index (κ1) is 22.8. The van der Waals surface area contributed by atoms with Gasteiger partial charge >= 0.3 is 0 Å². The van der Waals surface area contributed by atoms with Crippen molar-refractivity contribution in [3.63, 3.8) is 0 Å². The van der Waals surface area contributed by atoms with Crippen molar-refractivity contribution in [1.29, 1.82) is 5.26 Å². The predicted molar refractivity (Wildman–Crippen MR) is 154 cm³/mol. The van der Waals surface area contributed by atoms with Crippen LogP contribution in [0.15, 0.2) is 89.5 Å². The minimum Gasteiger partial charge on any atom is -0.454 e. The molecule has 1 fully saturated rings. The molecule has 1 saturated carbocycles. The predicted octanol–water partition coefficient (Wildman–Crippen LogP) is 8.74. The van der Waals surface area contributed by atoms with Crippen molar-refractivity contribution < 1.29 is 8.98 Å². The molecule has 0 aliphatic heterocycles. The van der Waals surface area contributed by atoms with Crippen LogP contribution in [0.3, 0.4) is 0 Å². The number of aromatic nitrogens is 1. The average Bonchev–Trinajstić information content (AvgIpc) is 3.62. The first-order chi connectivity index (χ1) is 18.6. The van der Waals surface area contributed by atoms with E-state index in [2.05, 4.69) is 79.3 Å². The number of nitrogens with zero attached hydrogens (tertiary/aromatic N) is 2. The zero-order valence-electron chi connectivity index (χ0n) is 21.8. The van der Waals surface area contributed by atoms with Gasteiger partial charge < -0.3 is 4.42 Å². The Hall–Kier alpha value is -4.42. The van der Waals surface area contributed by atoms with E-state index in [-0.39, 0.29) is 0 Å². The van der Waals surface area contributed by atoms with E-state index >= 15 is 0 Å². The molecule has 2 heterocycles. The van der Waals surface area contributed by atoms with Crippen LogP contribution in [0, 0.1) is 18.3 Å². The second kappa shape index (κ2) is 8.85. The molecule has 0 spiro atoms. The van der Waals surface area contributed by atoms with Crippen molar-refractivity contribution in [3.8, 4) is 28.5 Å². The average molecular weight is 494 g/mol. The van der Waals surface area contributed by atoms with Crippen molar-refractivity contribution in [2.24, 2.45) is 7.05 Å². The van der Waals surface area contributed by atoms with E-state index in [4.69, 9.17) is 4.42 Å². The summed E-state index contributed by atoms with van der Waals surface area (Å²) in [5.41, 5.74) is 9.16. The van der Waals surface area contributed by atoms with Crippen LogP contribution >= 0.6 is 0 Å². The lowest BCUT2D eigenvalue weighted by Gasteiger charge is -2.12. The lowest BCUT2D eigenvalue weighted by atomic mass is 9.92. The number of rotatable bonds is 3. The molecule has 0 atom stereocenters. The first-order valence-electron chi connectivity index (χ1n) is 13.5. The molecule has 184 valence electrons. The number of hydrogen-bond acceptors (Lipinski definition) is 2. The van der Waals surface area contributed by atoms with Crippen LogP contribution in [0.4, 0.5) is 0 Å². The van der Waals surface area contributed by atoms with Crippen LogP contribution < -0.4 is 4.57 Å². The monoisotopic (exact) mass is 493 g/mol. The molecule has 4 aromatic carbocycles. The van der Waals surface area contributed by atoms with Crippen LogP contribution in [-0.2, 0) is 7.05 Å². The van der Waals surface area contributed by atoms with Gasteiger partial charge in [-0.2, -0.15) is 5.26 Å². The molecule has 0 saturated heterocycles. The Balaban J connectivity index is 1.54. The fourth-order valence-corrected chi connectivity index (χ4v) is 6.49. The number of furan rings is 1. The van der Waals surface area contributed by atoms with Crippen molar-refractivity contribution in [2.45, 2.75) is 38.5 Å². The molecule has 6 aromatic rings. The topological polar surface area (TPSA) is 40.8 Å². The molecule has 0 unspecified atom stereocenters. The van der Waals surface area contributed by atoms with Crippen molar-refractivity contribution in [2.75, 3.05) is 0 Å². The van der Waals surface area contributed by atoms with Gasteiger partial charge in [-0.05, 0) is 66.0 Å². The molecule has 1 aliphatic carbocycles. The van der Waals surface area contributed by atoms with Gasteiger partial charge in [0, 0.05) is 22.4 Å². The Bertz CT molecular complexity index is 1900. The molecule has 0 bridgehead atoms. The SMILES string of the molecule is Cc1ccc2c(oc3c(-c4ccccc4)ccc(C#N)c32)c1-c1c2ccc(C3CCCC3)cc2cc[n+]1C. The van der Waals surface area contributed by atoms with E-state index in [9.17, 15) is 5.26 Å². The molecule has 1 aliphatic rings. The van der Waals surface area contributed by atoms with Gasteiger partial charge in [0.15, 0.2) is 6.20 Å². The van der Waals surface area contributed by atoms with E-state index in [0.29, 0.717) is 11.5 Å². The highest BCUT2D eigenvalue weighted by Gasteiger charge is 2.26. The lowest BCUT2D eigenvalue weighted by Crippen LogP contribution is -2.30. The molecular formula is C35H29N2O+. The van der Waals surface area contributed by atoms with Gasteiger partial charge in [-0.15, -0.1) is 0 Å². The summed E-state index contributed by atoms with van der Waals surface area (Å²) >= 11 is 0. The molecule has 38 heavy (non-hydrogen) atoms. The molecule has 0 radical (unpaired) electrons. The minimum atomic E-state index is 0.636. The number of aryl methyl sites for hydroxylation is 2. The third-order valence-corrected chi connectivity index (χ3v) is 8.43. The summed E-state index contributed by atoms with van der Waals surface area (Å²) in [5.74, 6) is 0.679. The normalized spacial score (nSPS) is 14.0. The maximum absolute atomic E-state index is 10.0. The van der Waals surface area contributed by atoms with E-state index < -0.39 is 0 Å². The number of pyridine rings is 1. The summed E-state index contributed by atoms with van der Waals surface area (Å²) < 4.78 is 9.00. The third-order valence-electron chi connectivity index (χ3n) is 8.43. The van der Waals surface area contributed by atoms with Crippen molar-refractivity contribution >= 4 is 32.7 Å². The molecule has 0 amide bonds. The second-order valence-corrected chi connectivity index (χ2v) is 10.7. The Morgan fingerprint density at radius 3 is 2.45 bits per heavy atom. The highest BCUT2D eigenvalue weighted by molar-refractivity contribution is 6.16. The second-order valence-electron chi connectivity index (χ2n) is 10.7. The molecular weight excluding hydrogens is 464 g/mol. The summed E-state index contributed by atoms with van der Waals surface area (Å²) in [5, 5.41) is 14.4. The van der Waals surface area contributed by atoms with Crippen LogP contribution in [0.1, 0.15) is 48.3 Å². The molecule has 2 aromatic heterocycles. The zero-order valence-corrected chi connectivity index (χ0v) is 21.8. The van der Waals surface area contributed by atoms with Gasteiger partial charge in [0.2, 0.25) is 5.69 Å². The molecule has 0 N–H and O–H groups in total. The number of hydrogen-bond donors (Lipinski definition) is 0. The van der Waals surface area contributed by atoms with E-state index in [1.165, 1.54) is 42.0 Å². The maximum Gasteiger partial charge on any atom is 0.224 e. The van der Waals surface area contributed by atoms with Gasteiger partial charge in [0.1, 0.15) is 18.2 Å². The Kier molecular flexibility index (Phi) is 5.30. The van der Waals surface area contributed by atoms with E-state index in [0.717, 1.165) is 49.9 Å². The maximum atomic E-state index is 10.0. The summed E-state index contributed by atoms with van der Waals surface area (Å²) in [6.07, 6.45) is 7.41. The minimum absolute atomic E-state index is 0.636. The van der Waals surface area contributed by atoms with E-state index in [1.807, 2.05) is 30.3 Å². The fraction of sp³-hybridized carbons (Fsp3) is 0.200. The van der Waals surface area contributed by atoms with Gasteiger partial charge in [-0.25, -0.2) is 4.57 Å². The fourth-order valence-electron chi connectivity index (χ4n) is 6.49. The highest BCUT2D eigenvalue weighted by atomic mass is 16.3. The van der Waals surface area contributed by atoms with Crippen LogP contribution in [0.5, 0.6) is 0 Å². The van der Waals surface area contributed by atoms with Crippen LogP contribution in [0.25, 0.3) is 55.1 Å². The Morgan fingerprint density at radius 1 is 0.868 bits per heavy atom. The molecule has 3 nitrogen and oxygen atoms in total. The van der Waals surface area contributed by atoms with Gasteiger partial charge in [0.25, 0.3) is 0 Å². The van der Waals surface area contributed by atoms with Gasteiger partial charge in [-0.1, -0.05) is 67.4 Å². The Labute approximate surface area is 222 Å². The third kappa shape index (κ3) is 3.45. The Morgan fingerprint density at radius 2 is 1.66 bits per heavy atom. The molecule has 7 rings (SSSR count). The van der Waals surface area contributed by atoms with Crippen molar-refractivity contribution in [3.05, 3.63) is 102 Å². The number of fused-ring (bicyclic) bond motifs is 4. The summed E-state index contributed by atoms with van der Waals surface area (Å²) in [6.45, 7) is 2.15. The van der Waals surface area contributed by atoms with E-state index in [1.54, 1.807) is 0 Å². The zero-order chi connectivity index (χ0) is 25.8. The van der Waals surface area contributed by atoms with Crippen LogP contribution in [-0.4, -0.2) is 0 Å².